The summed E-state index contributed by atoms with van der Waals surface area (Å²) >= 11 is 6.82. The van der Waals surface area contributed by atoms with Gasteiger partial charge < -0.3 is 15.3 Å². The Morgan fingerprint density at radius 1 is 1.33 bits per heavy atom. The second-order valence-electron chi connectivity index (χ2n) is 6.42. The minimum atomic E-state index is -0.550. The first-order valence-corrected chi connectivity index (χ1v) is 9.78. The van der Waals surface area contributed by atoms with Gasteiger partial charge in [-0.25, -0.2) is 9.37 Å². The SMILES string of the molecule is CCC1COCC1CC(C)=O.NC(=O)c1cnc(-c2cc(F)cc(Cl)c2)s1. The number of thiazole rings is 1. The van der Waals surface area contributed by atoms with Crippen LogP contribution in [0.25, 0.3) is 10.6 Å². The van der Waals surface area contributed by atoms with E-state index in [1.165, 1.54) is 18.3 Å². The second kappa shape index (κ2) is 9.92. The number of benzene rings is 1. The lowest BCUT2D eigenvalue weighted by Gasteiger charge is -2.12. The summed E-state index contributed by atoms with van der Waals surface area (Å²) in [6.45, 7) is 5.46. The Hall–Kier alpha value is -1.83. The van der Waals surface area contributed by atoms with Crippen molar-refractivity contribution in [3.8, 4) is 10.6 Å². The molecule has 1 aliphatic rings. The maximum atomic E-state index is 13.1. The number of Topliss-reactive ketones (excluding diaryl/α,β-unsaturated/α-hetero) is 1. The molecule has 1 saturated heterocycles. The number of hydrogen-bond acceptors (Lipinski definition) is 5. The summed E-state index contributed by atoms with van der Waals surface area (Å²) in [6.07, 6.45) is 3.21. The van der Waals surface area contributed by atoms with Gasteiger partial charge >= 0.3 is 0 Å². The largest absolute Gasteiger partial charge is 0.381 e. The molecule has 2 unspecified atom stereocenters. The van der Waals surface area contributed by atoms with E-state index in [-0.39, 0.29) is 5.02 Å². The second-order valence-corrected chi connectivity index (χ2v) is 7.89. The third-order valence-electron chi connectivity index (χ3n) is 4.26. The summed E-state index contributed by atoms with van der Waals surface area (Å²) in [5.74, 6) is 0.417. The zero-order valence-electron chi connectivity index (χ0n) is 15.2. The minimum absolute atomic E-state index is 0.283. The van der Waals surface area contributed by atoms with Crippen LogP contribution < -0.4 is 5.73 Å². The molecule has 146 valence electrons. The Kier molecular flexibility index (Phi) is 7.89. The van der Waals surface area contributed by atoms with Crippen molar-refractivity contribution in [2.75, 3.05) is 13.2 Å². The number of aromatic nitrogens is 1. The molecule has 27 heavy (non-hydrogen) atoms. The number of rotatable bonds is 5. The molecule has 0 aliphatic carbocycles. The lowest BCUT2D eigenvalue weighted by Crippen LogP contribution is -2.14. The number of halogens is 2. The maximum Gasteiger partial charge on any atom is 0.260 e. The van der Waals surface area contributed by atoms with Crippen LogP contribution in [-0.2, 0) is 9.53 Å². The molecule has 0 bridgehead atoms. The van der Waals surface area contributed by atoms with Crippen molar-refractivity contribution in [3.05, 3.63) is 40.1 Å². The third-order valence-corrected chi connectivity index (χ3v) is 5.54. The van der Waals surface area contributed by atoms with Crippen molar-refractivity contribution in [3.63, 3.8) is 0 Å². The van der Waals surface area contributed by atoms with E-state index in [0.29, 0.717) is 39.5 Å². The highest BCUT2D eigenvalue weighted by atomic mass is 35.5. The molecule has 1 fully saturated rings. The van der Waals surface area contributed by atoms with Crippen LogP contribution in [0.4, 0.5) is 4.39 Å². The van der Waals surface area contributed by atoms with Gasteiger partial charge in [0.15, 0.2) is 0 Å². The van der Waals surface area contributed by atoms with Gasteiger partial charge in [-0.1, -0.05) is 24.9 Å². The van der Waals surface area contributed by atoms with Crippen molar-refractivity contribution in [1.82, 2.24) is 4.98 Å². The predicted octanol–water partition coefficient (Wildman–Crippen LogP) is 4.34. The molecule has 1 aromatic carbocycles. The predicted molar refractivity (Wildman–Crippen MR) is 104 cm³/mol. The van der Waals surface area contributed by atoms with E-state index in [2.05, 4.69) is 11.9 Å². The van der Waals surface area contributed by atoms with Gasteiger partial charge in [0, 0.05) is 23.6 Å². The fourth-order valence-electron chi connectivity index (χ4n) is 2.89. The van der Waals surface area contributed by atoms with Gasteiger partial charge in [-0.2, -0.15) is 0 Å². The van der Waals surface area contributed by atoms with Crippen LogP contribution in [0.1, 0.15) is 36.4 Å². The van der Waals surface area contributed by atoms with Gasteiger partial charge in [-0.15, -0.1) is 11.3 Å². The Morgan fingerprint density at radius 2 is 2.04 bits per heavy atom. The van der Waals surface area contributed by atoms with Gasteiger partial charge in [0.2, 0.25) is 0 Å². The zero-order chi connectivity index (χ0) is 20.0. The number of carbonyl (C=O) groups is 2. The van der Waals surface area contributed by atoms with E-state index in [1.807, 2.05) is 0 Å². The first-order valence-electron chi connectivity index (χ1n) is 8.59. The number of primary amides is 1. The Labute approximate surface area is 166 Å². The van der Waals surface area contributed by atoms with E-state index in [0.717, 1.165) is 31.0 Å². The number of ketones is 1. The molecular formula is C19H22ClFN2O3S. The van der Waals surface area contributed by atoms with E-state index >= 15 is 0 Å². The fraction of sp³-hybridized carbons (Fsp3) is 0.421. The van der Waals surface area contributed by atoms with Crippen LogP contribution in [0, 0.1) is 17.7 Å². The molecule has 1 aliphatic heterocycles. The summed E-state index contributed by atoms with van der Waals surface area (Å²) in [6, 6.07) is 4.08. The molecule has 1 aromatic heterocycles. The average Bonchev–Trinajstić information content (AvgIpc) is 3.23. The van der Waals surface area contributed by atoms with Crippen molar-refractivity contribution in [2.45, 2.75) is 26.7 Å². The van der Waals surface area contributed by atoms with Crippen molar-refractivity contribution < 1.29 is 18.7 Å². The van der Waals surface area contributed by atoms with Crippen molar-refractivity contribution in [1.29, 1.82) is 0 Å². The van der Waals surface area contributed by atoms with Gasteiger partial charge in [0.25, 0.3) is 5.91 Å². The minimum Gasteiger partial charge on any atom is -0.381 e. The van der Waals surface area contributed by atoms with Crippen LogP contribution in [-0.4, -0.2) is 29.9 Å². The smallest absolute Gasteiger partial charge is 0.260 e. The van der Waals surface area contributed by atoms with Crippen molar-refractivity contribution in [2.24, 2.45) is 17.6 Å². The van der Waals surface area contributed by atoms with Gasteiger partial charge in [-0.05, 0) is 37.0 Å². The summed E-state index contributed by atoms with van der Waals surface area (Å²) in [7, 11) is 0. The number of nitrogens with two attached hydrogens (primary N) is 1. The number of amides is 1. The molecule has 8 heteroatoms. The topological polar surface area (TPSA) is 82.3 Å². The number of hydrogen-bond donors (Lipinski definition) is 1. The molecule has 3 rings (SSSR count). The molecule has 2 atom stereocenters. The number of carbonyl (C=O) groups excluding carboxylic acids is 2. The summed E-state index contributed by atoms with van der Waals surface area (Å²) in [4.78, 5) is 26.0. The molecule has 1 amide bonds. The number of ether oxygens (including phenoxy) is 1. The number of nitrogens with zero attached hydrogens (tertiary/aromatic N) is 1. The van der Waals surface area contributed by atoms with E-state index in [9.17, 15) is 14.0 Å². The van der Waals surface area contributed by atoms with Crippen molar-refractivity contribution >= 4 is 34.6 Å². The summed E-state index contributed by atoms with van der Waals surface area (Å²) in [5, 5.41) is 0.793. The van der Waals surface area contributed by atoms with E-state index in [4.69, 9.17) is 22.1 Å². The molecule has 5 nitrogen and oxygen atoms in total. The van der Waals surface area contributed by atoms with Gasteiger partial charge in [0.05, 0.1) is 12.8 Å². The molecule has 0 saturated carbocycles. The summed E-state index contributed by atoms with van der Waals surface area (Å²) in [5.41, 5.74) is 5.63. The molecule has 0 radical (unpaired) electrons. The highest BCUT2D eigenvalue weighted by molar-refractivity contribution is 7.16. The van der Waals surface area contributed by atoms with Gasteiger partial charge in [0.1, 0.15) is 21.5 Å². The molecule has 2 heterocycles. The highest BCUT2D eigenvalue weighted by Crippen LogP contribution is 2.28. The van der Waals surface area contributed by atoms with Crippen LogP contribution in [0.3, 0.4) is 0 Å². The zero-order valence-corrected chi connectivity index (χ0v) is 16.8. The van der Waals surface area contributed by atoms with E-state index in [1.54, 1.807) is 13.0 Å². The first kappa shape index (κ1) is 21.5. The van der Waals surface area contributed by atoms with E-state index < -0.39 is 11.7 Å². The van der Waals surface area contributed by atoms with Crippen LogP contribution >= 0.6 is 22.9 Å². The molecule has 0 spiro atoms. The normalized spacial score (nSPS) is 18.7. The Bertz CT molecular complexity index is 792. The molecule has 2 aromatic rings. The lowest BCUT2D eigenvalue weighted by atomic mass is 9.90. The maximum absolute atomic E-state index is 13.1. The standard InChI is InChI=1S/C10H6ClFN2OS.C9H16O2/c11-6-1-5(2-7(12)3-6)10-14-4-8(16-10)9(13)15;1-3-8-5-11-6-9(8)4-7(2)10/h1-4H,(H2,13,15);8-9H,3-6H2,1-2H3. The first-order chi connectivity index (χ1) is 12.8. The van der Waals surface area contributed by atoms with Crippen LogP contribution in [0.2, 0.25) is 5.02 Å². The fourth-order valence-corrected chi connectivity index (χ4v) is 3.86. The Balaban J connectivity index is 0.000000208. The Morgan fingerprint density at radius 3 is 2.59 bits per heavy atom. The van der Waals surface area contributed by atoms with Crippen LogP contribution in [0.5, 0.6) is 0 Å². The quantitative estimate of drug-likeness (QED) is 0.791. The molecular weight excluding hydrogens is 391 g/mol. The summed E-state index contributed by atoms with van der Waals surface area (Å²) < 4.78 is 18.4. The third kappa shape index (κ3) is 6.37. The monoisotopic (exact) mass is 412 g/mol. The molecule has 2 N–H and O–H groups in total. The highest BCUT2D eigenvalue weighted by Gasteiger charge is 2.27. The van der Waals surface area contributed by atoms with Gasteiger partial charge in [-0.3, -0.25) is 4.79 Å². The lowest BCUT2D eigenvalue weighted by molar-refractivity contribution is -0.118. The average molecular weight is 413 g/mol. The van der Waals surface area contributed by atoms with Crippen LogP contribution in [0.15, 0.2) is 24.4 Å².